The maximum atomic E-state index is 11.2. The van der Waals surface area contributed by atoms with Crippen LogP contribution in [0.15, 0.2) is 18.2 Å². The molecule has 1 aliphatic heterocycles. The molecule has 0 radical (unpaired) electrons. The minimum Gasteiger partial charge on any atom is -0.496 e. The van der Waals surface area contributed by atoms with Crippen molar-refractivity contribution in [1.29, 1.82) is 0 Å². The van der Waals surface area contributed by atoms with Gasteiger partial charge in [-0.3, -0.25) is 0 Å². The lowest BCUT2D eigenvalue weighted by Gasteiger charge is -2.24. The fraction of sp³-hybridized carbons (Fsp3) is 0.438. The van der Waals surface area contributed by atoms with E-state index in [2.05, 4.69) is 4.74 Å². The summed E-state index contributed by atoms with van der Waals surface area (Å²) < 4.78 is 15.8. The lowest BCUT2D eigenvalue weighted by molar-refractivity contribution is -0.134. The number of carbonyl (C=O) groups is 1. The molecule has 1 unspecified atom stereocenters. The Bertz CT molecular complexity index is 569. The summed E-state index contributed by atoms with van der Waals surface area (Å²) in [7, 11) is 2.92. The molecule has 1 aromatic carbocycles. The molecule has 2 rings (SSSR count). The summed E-state index contributed by atoms with van der Waals surface area (Å²) in [5.74, 6) is 0.921. The number of benzene rings is 1. The van der Waals surface area contributed by atoms with Gasteiger partial charge < -0.3 is 19.3 Å². The molecule has 0 saturated heterocycles. The van der Waals surface area contributed by atoms with Crippen LogP contribution in [0.5, 0.6) is 11.5 Å². The van der Waals surface area contributed by atoms with Gasteiger partial charge in [0.2, 0.25) is 0 Å². The van der Waals surface area contributed by atoms with E-state index in [1.54, 1.807) is 27.0 Å². The maximum absolute atomic E-state index is 11.2. The van der Waals surface area contributed by atoms with Gasteiger partial charge in [-0.15, -0.1) is 0 Å². The molecule has 1 atom stereocenters. The molecule has 1 heterocycles. The normalized spacial score (nSPS) is 17.5. The highest BCUT2D eigenvalue weighted by Gasteiger charge is 2.37. The number of carbonyl (C=O) groups excluding carboxylic acids is 1. The van der Waals surface area contributed by atoms with E-state index in [0.29, 0.717) is 17.9 Å². The Morgan fingerprint density at radius 3 is 2.71 bits per heavy atom. The molecular formula is C16H20O5. The minimum absolute atomic E-state index is 0.353. The quantitative estimate of drug-likeness (QED) is 0.679. The molecule has 1 aromatic rings. The summed E-state index contributed by atoms with van der Waals surface area (Å²) in [6, 6.07) is 3.63. The van der Waals surface area contributed by atoms with Gasteiger partial charge in [-0.25, -0.2) is 4.79 Å². The first-order valence-corrected chi connectivity index (χ1v) is 6.71. The Kier molecular flexibility index (Phi) is 4.23. The topological polar surface area (TPSA) is 65.0 Å². The Morgan fingerprint density at radius 1 is 1.43 bits per heavy atom. The van der Waals surface area contributed by atoms with Crippen LogP contribution in [0.2, 0.25) is 0 Å². The molecule has 114 valence electrons. The van der Waals surface area contributed by atoms with Gasteiger partial charge in [0.15, 0.2) is 0 Å². The van der Waals surface area contributed by atoms with E-state index in [1.165, 1.54) is 13.2 Å². The zero-order valence-corrected chi connectivity index (χ0v) is 12.7. The third kappa shape index (κ3) is 3.19. The monoisotopic (exact) mass is 292 g/mol. The summed E-state index contributed by atoms with van der Waals surface area (Å²) in [5, 5.41) is 10.1. The van der Waals surface area contributed by atoms with Gasteiger partial charge in [0, 0.05) is 23.6 Å². The largest absolute Gasteiger partial charge is 0.496 e. The Morgan fingerprint density at radius 2 is 2.14 bits per heavy atom. The molecular weight excluding hydrogens is 272 g/mol. The molecule has 1 N–H and O–H groups in total. The van der Waals surface area contributed by atoms with Crippen LogP contribution in [-0.4, -0.2) is 37.0 Å². The van der Waals surface area contributed by atoms with Crippen LogP contribution < -0.4 is 9.47 Å². The van der Waals surface area contributed by atoms with Crippen molar-refractivity contribution in [3.8, 4) is 11.5 Å². The number of hydrogen-bond donors (Lipinski definition) is 1. The van der Waals surface area contributed by atoms with Crippen molar-refractivity contribution in [3.05, 3.63) is 29.3 Å². The van der Waals surface area contributed by atoms with Crippen LogP contribution in [0, 0.1) is 0 Å². The molecule has 0 aromatic heterocycles. The van der Waals surface area contributed by atoms with Gasteiger partial charge >= 0.3 is 5.97 Å². The van der Waals surface area contributed by atoms with E-state index in [9.17, 15) is 9.90 Å². The highest BCUT2D eigenvalue weighted by molar-refractivity contribution is 5.87. The summed E-state index contributed by atoms with van der Waals surface area (Å²) in [6.45, 7) is 3.42. The van der Waals surface area contributed by atoms with E-state index < -0.39 is 11.6 Å². The molecule has 5 heteroatoms. The molecule has 0 spiro atoms. The average Bonchev–Trinajstić information content (AvgIpc) is 2.89. The Balaban J connectivity index is 2.38. The lowest BCUT2D eigenvalue weighted by Crippen LogP contribution is -2.39. The number of rotatable bonds is 4. The first-order chi connectivity index (χ1) is 9.86. The fourth-order valence-corrected chi connectivity index (χ4v) is 2.27. The molecule has 1 aliphatic rings. The highest BCUT2D eigenvalue weighted by atomic mass is 16.5. The molecule has 0 bridgehead atoms. The molecule has 0 saturated carbocycles. The van der Waals surface area contributed by atoms with Gasteiger partial charge in [-0.2, -0.15) is 0 Å². The van der Waals surface area contributed by atoms with Crippen LogP contribution in [0.3, 0.4) is 0 Å². The lowest BCUT2D eigenvalue weighted by atomic mass is 9.96. The third-order valence-corrected chi connectivity index (χ3v) is 3.51. The van der Waals surface area contributed by atoms with Gasteiger partial charge in [-0.1, -0.05) is 0 Å². The molecule has 0 aliphatic carbocycles. The Labute approximate surface area is 124 Å². The molecule has 0 amide bonds. The summed E-state index contributed by atoms with van der Waals surface area (Å²) in [5.41, 5.74) is 0.687. The standard InChI is InChI=1S/C16H20O5/c1-16(2,18)13-9-11-12(19-3)7-5-10(15(11)21-13)6-8-14(17)20-4/h5-8,13,18H,9H2,1-4H3/b8-6-. The second-order valence-corrected chi connectivity index (χ2v) is 5.49. The first kappa shape index (κ1) is 15.4. The predicted octanol–water partition coefficient (Wildman–Crippen LogP) is 1.96. The van der Waals surface area contributed by atoms with Crippen molar-refractivity contribution >= 4 is 12.0 Å². The van der Waals surface area contributed by atoms with Crippen molar-refractivity contribution in [3.63, 3.8) is 0 Å². The van der Waals surface area contributed by atoms with Gasteiger partial charge in [-0.05, 0) is 32.1 Å². The molecule has 5 nitrogen and oxygen atoms in total. The van der Waals surface area contributed by atoms with Crippen LogP contribution in [0.1, 0.15) is 25.0 Å². The average molecular weight is 292 g/mol. The number of ether oxygens (including phenoxy) is 3. The maximum Gasteiger partial charge on any atom is 0.330 e. The zero-order chi connectivity index (χ0) is 15.6. The van der Waals surface area contributed by atoms with Crippen molar-refractivity contribution in [2.75, 3.05) is 14.2 Å². The van der Waals surface area contributed by atoms with Gasteiger partial charge in [0.1, 0.15) is 17.6 Å². The number of hydrogen-bond acceptors (Lipinski definition) is 5. The van der Waals surface area contributed by atoms with Crippen LogP contribution in [0.25, 0.3) is 6.08 Å². The smallest absolute Gasteiger partial charge is 0.330 e. The first-order valence-electron chi connectivity index (χ1n) is 6.71. The van der Waals surface area contributed by atoms with E-state index in [1.807, 2.05) is 12.1 Å². The third-order valence-electron chi connectivity index (χ3n) is 3.51. The van der Waals surface area contributed by atoms with Crippen molar-refractivity contribution in [1.82, 2.24) is 0 Å². The van der Waals surface area contributed by atoms with E-state index >= 15 is 0 Å². The van der Waals surface area contributed by atoms with Crippen molar-refractivity contribution in [2.45, 2.75) is 32.0 Å². The van der Waals surface area contributed by atoms with E-state index in [-0.39, 0.29) is 6.10 Å². The van der Waals surface area contributed by atoms with Crippen molar-refractivity contribution < 1.29 is 24.1 Å². The predicted molar refractivity (Wildman–Crippen MR) is 78.5 cm³/mol. The minimum atomic E-state index is -0.965. The summed E-state index contributed by atoms with van der Waals surface area (Å²) in [4.78, 5) is 11.2. The summed E-state index contributed by atoms with van der Waals surface area (Å²) >= 11 is 0. The van der Waals surface area contributed by atoms with Crippen LogP contribution >= 0.6 is 0 Å². The number of methoxy groups -OCH3 is 2. The van der Waals surface area contributed by atoms with Gasteiger partial charge in [0.05, 0.1) is 19.8 Å². The Hall–Kier alpha value is -2.01. The number of esters is 1. The molecule has 0 fully saturated rings. The van der Waals surface area contributed by atoms with Crippen molar-refractivity contribution in [2.24, 2.45) is 0 Å². The van der Waals surface area contributed by atoms with E-state index in [4.69, 9.17) is 9.47 Å². The zero-order valence-electron chi connectivity index (χ0n) is 12.7. The van der Waals surface area contributed by atoms with Crippen LogP contribution in [0.4, 0.5) is 0 Å². The number of aliphatic hydroxyl groups is 1. The SMILES string of the molecule is COC(=O)/C=C\c1ccc(OC)c2c1OC(C(C)(C)O)C2. The van der Waals surface area contributed by atoms with E-state index in [0.717, 1.165) is 11.1 Å². The fourth-order valence-electron chi connectivity index (χ4n) is 2.27. The second kappa shape index (κ2) is 5.77. The highest BCUT2D eigenvalue weighted by Crippen LogP contribution is 2.41. The molecule has 21 heavy (non-hydrogen) atoms. The summed E-state index contributed by atoms with van der Waals surface area (Å²) in [6.07, 6.45) is 3.18. The second-order valence-electron chi connectivity index (χ2n) is 5.49. The number of fused-ring (bicyclic) bond motifs is 1. The van der Waals surface area contributed by atoms with Gasteiger partial charge in [0.25, 0.3) is 0 Å². The van der Waals surface area contributed by atoms with Crippen LogP contribution in [-0.2, 0) is 16.0 Å².